The van der Waals surface area contributed by atoms with Gasteiger partial charge in [0.25, 0.3) is 0 Å². The third-order valence-electron chi connectivity index (χ3n) is 11.3. The van der Waals surface area contributed by atoms with E-state index in [9.17, 15) is 44.6 Å². The Morgan fingerprint density at radius 1 is 0.492 bits per heavy atom. The monoisotopic (exact) mass is 891 g/mol. The highest BCUT2D eigenvalue weighted by Crippen LogP contribution is 2.47. The summed E-state index contributed by atoms with van der Waals surface area (Å²) < 4.78 is 33.5. The van der Waals surface area contributed by atoms with Crippen LogP contribution in [0.1, 0.15) is 206 Å². The lowest BCUT2D eigenvalue weighted by molar-refractivity contribution is -0.220. The SMILES string of the molecule is CCCCCCCC/C=C\CCCCCCCCCC(=O)OC[C@H](COP(=O)(O)OC1C(O)C(O)C(O)[C@@H](O)C1O)OC(=O)CCCCCCC/C=C\CCCCCCCC. The predicted molar refractivity (Wildman–Crippen MR) is 240 cm³/mol. The highest BCUT2D eigenvalue weighted by Gasteiger charge is 2.51. The normalized spacial score (nSPS) is 22.2. The summed E-state index contributed by atoms with van der Waals surface area (Å²) in [7, 11) is -5.12. The number of esters is 2. The van der Waals surface area contributed by atoms with Crippen molar-refractivity contribution in [2.75, 3.05) is 13.2 Å². The molecule has 0 bridgehead atoms. The molecule has 13 nitrogen and oxygen atoms in total. The van der Waals surface area contributed by atoms with Crippen molar-refractivity contribution in [3.05, 3.63) is 24.3 Å². The van der Waals surface area contributed by atoms with Gasteiger partial charge in [0.1, 0.15) is 43.2 Å². The van der Waals surface area contributed by atoms with Crippen LogP contribution in [-0.4, -0.2) is 98.3 Å². The molecule has 0 heterocycles. The van der Waals surface area contributed by atoms with Crippen molar-refractivity contribution >= 4 is 19.8 Å². The van der Waals surface area contributed by atoms with Crippen LogP contribution >= 0.6 is 7.82 Å². The van der Waals surface area contributed by atoms with E-state index in [1.54, 1.807) is 0 Å². The first-order valence-corrected chi connectivity index (χ1v) is 25.6. The molecule has 0 aromatic heterocycles. The van der Waals surface area contributed by atoms with Gasteiger partial charge in [-0.2, -0.15) is 0 Å². The van der Waals surface area contributed by atoms with Gasteiger partial charge in [-0.1, -0.05) is 154 Å². The van der Waals surface area contributed by atoms with E-state index in [2.05, 4.69) is 38.2 Å². The van der Waals surface area contributed by atoms with Crippen molar-refractivity contribution in [3.8, 4) is 0 Å². The summed E-state index contributed by atoms with van der Waals surface area (Å²) in [6.45, 7) is 3.29. The third kappa shape index (κ3) is 30.2. The number of phosphoric ester groups is 1. The fourth-order valence-corrected chi connectivity index (χ4v) is 8.31. The fraction of sp³-hybridized carbons (Fsp3) is 0.872. The molecule has 0 saturated heterocycles. The van der Waals surface area contributed by atoms with Gasteiger partial charge >= 0.3 is 19.8 Å². The number of phosphoric acid groups is 1. The highest BCUT2D eigenvalue weighted by molar-refractivity contribution is 7.47. The van der Waals surface area contributed by atoms with Crippen LogP contribution in [0.4, 0.5) is 0 Å². The summed E-state index contributed by atoms with van der Waals surface area (Å²) in [5.74, 6) is -1.11. The molecule has 0 radical (unpaired) electrons. The van der Waals surface area contributed by atoms with E-state index in [1.165, 1.54) is 96.3 Å². The van der Waals surface area contributed by atoms with Gasteiger partial charge in [0, 0.05) is 12.8 Å². The van der Waals surface area contributed by atoms with E-state index in [4.69, 9.17) is 18.5 Å². The zero-order valence-corrected chi connectivity index (χ0v) is 38.9. The molecule has 1 rings (SSSR count). The number of aliphatic hydroxyl groups excluding tert-OH is 5. The summed E-state index contributed by atoms with van der Waals surface area (Å²) in [6, 6.07) is 0. The summed E-state index contributed by atoms with van der Waals surface area (Å²) in [6.07, 6.45) is 28.0. The Labute approximate surface area is 368 Å². The number of aliphatic hydroxyl groups is 5. The number of carbonyl (C=O) groups is 2. The summed E-state index contributed by atoms with van der Waals surface area (Å²) in [4.78, 5) is 35.7. The Kier molecular flexibility index (Phi) is 35.4. The Balaban J connectivity index is 2.44. The van der Waals surface area contributed by atoms with E-state index < -0.39 is 75.7 Å². The van der Waals surface area contributed by atoms with Crippen molar-refractivity contribution in [1.82, 2.24) is 0 Å². The minimum Gasteiger partial charge on any atom is -0.462 e. The minimum absolute atomic E-state index is 0.0877. The third-order valence-corrected chi connectivity index (χ3v) is 12.3. The van der Waals surface area contributed by atoms with Gasteiger partial charge in [-0.05, 0) is 64.2 Å². The molecule has 1 aliphatic rings. The number of unbranched alkanes of at least 4 members (excludes halogenated alkanes) is 24. The maximum Gasteiger partial charge on any atom is 0.472 e. The van der Waals surface area contributed by atoms with Crippen molar-refractivity contribution in [3.63, 3.8) is 0 Å². The minimum atomic E-state index is -5.12. The van der Waals surface area contributed by atoms with Gasteiger partial charge in [-0.3, -0.25) is 18.6 Å². The molecule has 358 valence electrons. The number of hydrogen-bond acceptors (Lipinski definition) is 12. The molecule has 0 amide bonds. The van der Waals surface area contributed by atoms with E-state index in [0.717, 1.165) is 70.6 Å². The number of carbonyl (C=O) groups excluding carboxylic acids is 2. The zero-order valence-electron chi connectivity index (χ0n) is 38.0. The van der Waals surface area contributed by atoms with E-state index in [0.29, 0.717) is 12.8 Å². The van der Waals surface area contributed by atoms with Crippen molar-refractivity contribution in [2.24, 2.45) is 0 Å². The topological polar surface area (TPSA) is 210 Å². The first-order chi connectivity index (χ1) is 29.4. The summed E-state index contributed by atoms with van der Waals surface area (Å²) in [5.41, 5.74) is 0. The van der Waals surface area contributed by atoms with Gasteiger partial charge < -0.3 is 39.9 Å². The Hall–Kier alpha value is -1.67. The number of hydrogen-bond donors (Lipinski definition) is 6. The van der Waals surface area contributed by atoms with Gasteiger partial charge in [0.2, 0.25) is 0 Å². The number of allylic oxidation sites excluding steroid dienone is 4. The van der Waals surface area contributed by atoms with Crippen molar-refractivity contribution in [1.29, 1.82) is 0 Å². The van der Waals surface area contributed by atoms with Crippen LogP contribution in [0.5, 0.6) is 0 Å². The molecule has 14 heteroatoms. The quantitative estimate of drug-likeness (QED) is 0.0147. The Morgan fingerprint density at radius 3 is 1.25 bits per heavy atom. The molecule has 6 unspecified atom stereocenters. The molecular formula is C47H87O13P. The average molecular weight is 891 g/mol. The Bertz CT molecular complexity index is 1170. The average Bonchev–Trinajstić information content (AvgIpc) is 3.24. The Morgan fingerprint density at radius 2 is 0.836 bits per heavy atom. The molecular weight excluding hydrogens is 803 g/mol. The predicted octanol–water partition coefficient (Wildman–Crippen LogP) is 9.62. The lowest BCUT2D eigenvalue weighted by Gasteiger charge is -2.41. The first-order valence-electron chi connectivity index (χ1n) is 24.1. The molecule has 8 atom stereocenters. The smallest absolute Gasteiger partial charge is 0.462 e. The first kappa shape index (κ1) is 57.3. The number of rotatable bonds is 40. The van der Waals surface area contributed by atoms with Crippen molar-refractivity contribution < 1.29 is 63.1 Å². The maximum atomic E-state index is 12.8. The second-order valence-corrected chi connectivity index (χ2v) is 18.4. The summed E-state index contributed by atoms with van der Waals surface area (Å²) >= 11 is 0. The van der Waals surface area contributed by atoms with E-state index >= 15 is 0 Å². The molecule has 0 spiro atoms. The van der Waals surface area contributed by atoms with Crippen molar-refractivity contribution in [2.45, 2.75) is 249 Å². The maximum absolute atomic E-state index is 12.8. The molecule has 0 aliphatic heterocycles. The van der Waals surface area contributed by atoms with E-state index in [-0.39, 0.29) is 12.8 Å². The van der Waals surface area contributed by atoms with Crippen LogP contribution in [0.15, 0.2) is 24.3 Å². The van der Waals surface area contributed by atoms with Gasteiger partial charge in [-0.15, -0.1) is 0 Å². The van der Waals surface area contributed by atoms with Gasteiger partial charge in [0.05, 0.1) is 6.61 Å². The summed E-state index contributed by atoms with van der Waals surface area (Å²) in [5, 5.41) is 50.2. The second kappa shape index (κ2) is 37.7. The lowest BCUT2D eigenvalue weighted by Crippen LogP contribution is -2.64. The van der Waals surface area contributed by atoms with Crippen LogP contribution < -0.4 is 0 Å². The molecule has 1 saturated carbocycles. The van der Waals surface area contributed by atoms with Crippen LogP contribution in [0.3, 0.4) is 0 Å². The van der Waals surface area contributed by atoms with Gasteiger partial charge in [-0.25, -0.2) is 4.57 Å². The molecule has 61 heavy (non-hydrogen) atoms. The second-order valence-electron chi connectivity index (χ2n) is 17.0. The van der Waals surface area contributed by atoms with Crippen LogP contribution in [0.25, 0.3) is 0 Å². The van der Waals surface area contributed by atoms with E-state index in [1.807, 2.05) is 0 Å². The molecule has 6 N–H and O–H groups in total. The molecule has 1 fully saturated rings. The molecule has 0 aromatic carbocycles. The lowest BCUT2D eigenvalue weighted by atomic mass is 9.85. The fourth-order valence-electron chi connectivity index (χ4n) is 7.34. The van der Waals surface area contributed by atoms with Crippen LogP contribution in [0, 0.1) is 0 Å². The van der Waals surface area contributed by atoms with Gasteiger partial charge in [0.15, 0.2) is 6.10 Å². The molecule has 0 aromatic rings. The number of ether oxygens (including phenoxy) is 2. The zero-order chi connectivity index (χ0) is 45.0. The molecule has 1 aliphatic carbocycles. The highest BCUT2D eigenvalue weighted by atomic mass is 31.2. The largest absolute Gasteiger partial charge is 0.472 e. The van der Waals surface area contributed by atoms with Crippen LogP contribution in [-0.2, 0) is 32.7 Å². The van der Waals surface area contributed by atoms with Crippen LogP contribution in [0.2, 0.25) is 0 Å². The standard InChI is InChI=1S/C47H87O13P/c1-3-5-7-9-11-13-15-17-19-20-22-23-25-27-29-31-33-35-40(48)57-37-39(38-58-61(55,56)60-47-45(53)43(51)42(50)44(52)46(47)54)59-41(49)36-34-32-30-28-26-24-21-18-16-14-12-10-8-6-4-2/h17-19,21,39,42-47,50-54H,3-16,20,22-38H2,1-2H3,(H,55,56)/b19-17-,21-18-/t39-,42?,43-,44?,45?,46?,47?/m1/s1.